The van der Waals surface area contributed by atoms with Crippen LogP contribution in [-0.2, 0) is 4.74 Å². The average Bonchev–Trinajstić information content (AvgIpc) is 3.13. The van der Waals surface area contributed by atoms with E-state index in [9.17, 15) is 9.59 Å². The molecule has 0 aliphatic rings. The Kier molecular flexibility index (Phi) is 5.53. The van der Waals surface area contributed by atoms with E-state index in [0.29, 0.717) is 23.6 Å². The van der Waals surface area contributed by atoms with E-state index in [4.69, 9.17) is 9.15 Å². The minimum atomic E-state index is -0.393. The van der Waals surface area contributed by atoms with Crippen LogP contribution < -0.4 is 5.32 Å². The molecule has 0 unspecified atom stereocenters. The maximum atomic E-state index is 12.3. The summed E-state index contributed by atoms with van der Waals surface area (Å²) in [6.07, 6.45) is 0. The lowest BCUT2D eigenvalue weighted by Crippen LogP contribution is -2.11. The van der Waals surface area contributed by atoms with Gasteiger partial charge in [-0.15, -0.1) is 0 Å². The molecule has 3 rings (SSSR count). The highest BCUT2D eigenvalue weighted by atomic mass is 79.9. The molecule has 0 saturated carbocycles. The Bertz CT molecular complexity index is 914. The first-order valence-electron chi connectivity index (χ1n) is 8.01. The van der Waals surface area contributed by atoms with Gasteiger partial charge in [-0.25, -0.2) is 4.79 Å². The van der Waals surface area contributed by atoms with Crippen LogP contribution in [0.2, 0.25) is 0 Å². The van der Waals surface area contributed by atoms with Gasteiger partial charge in [0.05, 0.1) is 12.2 Å². The third-order valence-corrected chi connectivity index (χ3v) is 4.14. The van der Waals surface area contributed by atoms with Crippen molar-refractivity contribution >= 4 is 33.5 Å². The van der Waals surface area contributed by atoms with Crippen LogP contribution in [-0.4, -0.2) is 18.5 Å². The van der Waals surface area contributed by atoms with Crippen LogP contribution in [0.5, 0.6) is 0 Å². The van der Waals surface area contributed by atoms with Crippen LogP contribution >= 0.6 is 15.9 Å². The van der Waals surface area contributed by atoms with Crippen molar-refractivity contribution in [2.24, 2.45) is 0 Å². The van der Waals surface area contributed by atoms with E-state index in [2.05, 4.69) is 21.2 Å². The molecule has 1 aromatic heterocycles. The number of carbonyl (C=O) groups excluding carboxylic acids is 2. The Hall–Kier alpha value is -2.86. The Labute approximate surface area is 159 Å². The molecule has 0 spiro atoms. The van der Waals surface area contributed by atoms with Gasteiger partial charge in [0.1, 0.15) is 5.76 Å². The largest absolute Gasteiger partial charge is 0.462 e. The first kappa shape index (κ1) is 17.9. The Balaban J connectivity index is 1.68. The van der Waals surface area contributed by atoms with E-state index in [0.717, 1.165) is 10.0 Å². The standard InChI is InChI=1S/C20H16BrNO4/c1-2-25-20(24)14-5-9-16(10-6-14)22-19(23)18-12-11-17(26-18)13-3-7-15(21)8-4-13/h3-12H,2H2,1H3,(H,22,23). The number of amides is 1. The van der Waals surface area contributed by atoms with Crippen LogP contribution in [0.25, 0.3) is 11.3 Å². The lowest BCUT2D eigenvalue weighted by atomic mass is 10.2. The minimum absolute atomic E-state index is 0.206. The number of ether oxygens (including phenoxy) is 1. The SMILES string of the molecule is CCOC(=O)c1ccc(NC(=O)c2ccc(-c3ccc(Br)cc3)o2)cc1. The van der Waals surface area contributed by atoms with Crippen molar-refractivity contribution < 1.29 is 18.7 Å². The summed E-state index contributed by atoms with van der Waals surface area (Å²) in [7, 11) is 0. The third kappa shape index (κ3) is 4.21. The van der Waals surface area contributed by atoms with Gasteiger partial charge in [-0.05, 0) is 55.5 Å². The molecule has 2 aromatic carbocycles. The van der Waals surface area contributed by atoms with Crippen LogP contribution in [0, 0.1) is 0 Å². The van der Waals surface area contributed by atoms with Crippen LogP contribution in [0.15, 0.2) is 69.6 Å². The van der Waals surface area contributed by atoms with Gasteiger partial charge in [0.15, 0.2) is 5.76 Å². The van der Waals surface area contributed by atoms with Gasteiger partial charge in [0.25, 0.3) is 5.91 Å². The Morgan fingerprint density at radius 2 is 1.69 bits per heavy atom. The second-order valence-electron chi connectivity index (χ2n) is 5.42. The van der Waals surface area contributed by atoms with Gasteiger partial charge < -0.3 is 14.5 Å². The number of furan rings is 1. The molecule has 1 heterocycles. The zero-order chi connectivity index (χ0) is 18.5. The number of carbonyl (C=O) groups is 2. The topological polar surface area (TPSA) is 68.5 Å². The maximum absolute atomic E-state index is 12.3. The highest BCUT2D eigenvalue weighted by molar-refractivity contribution is 9.10. The van der Waals surface area contributed by atoms with Gasteiger partial charge in [0.2, 0.25) is 0 Å². The zero-order valence-electron chi connectivity index (χ0n) is 14.0. The summed E-state index contributed by atoms with van der Waals surface area (Å²) in [6, 6.07) is 17.5. The second-order valence-corrected chi connectivity index (χ2v) is 6.34. The molecule has 0 saturated heterocycles. The third-order valence-electron chi connectivity index (χ3n) is 3.61. The maximum Gasteiger partial charge on any atom is 0.338 e. The molecule has 6 heteroatoms. The number of hydrogen-bond acceptors (Lipinski definition) is 4. The molecule has 0 bridgehead atoms. The summed E-state index contributed by atoms with van der Waals surface area (Å²) in [4.78, 5) is 24.0. The Morgan fingerprint density at radius 3 is 2.35 bits per heavy atom. The summed E-state index contributed by atoms with van der Waals surface area (Å²) >= 11 is 3.38. The number of rotatable bonds is 5. The molecule has 5 nitrogen and oxygen atoms in total. The van der Waals surface area contributed by atoms with Crippen molar-refractivity contribution in [3.8, 4) is 11.3 Å². The Morgan fingerprint density at radius 1 is 1.00 bits per heavy atom. The molecule has 0 aliphatic heterocycles. The number of nitrogens with one attached hydrogen (secondary N) is 1. The van der Waals surface area contributed by atoms with Gasteiger partial charge in [0, 0.05) is 15.7 Å². The van der Waals surface area contributed by atoms with E-state index in [1.807, 2.05) is 24.3 Å². The summed E-state index contributed by atoms with van der Waals surface area (Å²) < 4.78 is 11.5. The molecule has 0 fully saturated rings. The number of esters is 1. The highest BCUT2D eigenvalue weighted by Gasteiger charge is 2.13. The van der Waals surface area contributed by atoms with Gasteiger partial charge >= 0.3 is 5.97 Å². The normalized spacial score (nSPS) is 10.4. The number of anilines is 1. The second kappa shape index (κ2) is 8.01. The molecule has 26 heavy (non-hydrogen) atoms. The molecule has 0 aliphatic carbocycles. The predicted molar refractivity (Wildman–Crippen MR) is 102 cm³/mol. The number of benzene rings is 2. The fraction of sp³-hybridized carbons (Fsp3) is 0.100. The number of hydrogen-bond donors (Lipinski definition) is 1. The van der Waals surface area contributed by atoms with Crippen molar-refractivity contribution in [3.05, 3.63) is 76.5 Å². The summed E-state index contributed by atoms with van der Waals surface area (Å²) in [5.74, 6) is 0.0606. The minimum Gasteiger partial charge on any atom is -0.462 e. The van der Waals surface area contributed by atoms with Crippen molar-refractivity contribution in [3.63, 3.8) is 0 Å². The molecular weight excluding hydrogens is 398 g/mol. The predicted octanol–water partition coefficient (Wildman–Crippen LogP) is 5.14. The van der Waals surface area contributed by atoms with Crippen molar-refractivity contribution in [2.75, 3.05) is 11.9 Å². The summed E-state index contributed by atoms with van der Waals surface area (Å²) in [6.45, 7) is 2.06. The first-order valence-corrected chi connectivity index (χ1v) is 8.80. The van der Waals surface area contributed by atoms with E-state index >= 15 is 0 Å². The van der Waals surface area contributed by atoms with Crippen molar-refractivity contribution in [1.29, 1.82) is 0 Å². The molecule has 1 N–H and O–H groups in total. The molecule has 132 valence electrons. The van der Waals surface area contributed by atoms with E-state index < -0.39 is 5.97 Å². The fourth-order valence-corrected chi connectivity index (χ4v) is 2.59. The van der Waals surface area contributed by atoms with Crippen molar-refractivity contribution in [1.82, 2.24) is 0 Å². The lowest BCUT2D eigenvalue weighted by Gasteiger charge is -2.05. The summed E-state index contributed by atoms with van der Waals surface area (Å²) in [5, 5.41) is 2.74. The quantitative estimate of drug-likeness (QED) is 0.588. The van der Waals surface area contributed by atoms with Crippen LogP contribution in [0.3, 0.4) is 0 Å². The molecule has 1 amide bonds. The van der Waals surface area contributed by atoms with E-state index in [1.165, 1.54) is 0 Å². The first-order chi connectivity index (χ1) is 12.6. The fourth-order valence-electron chi connectivity index (χ4n) is 2.33. The molecular formula is C20H16BrNO4. The van der Waals surface area contributed by atoms with Gasteiger partial charge in [-0.2, -0.15) is 0 Å². The lowest BCUT2D eigenvalue weighted by molar-refractivity contribution is 0.0526. The van der Waals surface area contributed by atoms with Crippen molar-refractivity contribution in [2.45, 2.75) is 6.92 Å². The molecule has 3 aromatic rings. The monoisotopic (exact) mass is 413 g/mol. The van der Waals surface area contributed by atoms with E-state index in [1.54, 1.807) is 43.3 Å². The van der Waals surface area contributed by atoms with Crippen LogP contribution in [0.1, 0.15) is 27.8 Å². The summed E-state index contributed by atoms with van der Waals surface area (Å²) in [5.41, 5.74) is 1.87. The average molecular weight is 414 g/mol. The molecule has 0 atom stereocenters. The van der Waals surface area contributed by atoms with Gasteiger partial charge in [-0.1, -0.05) is 28.1 Å². The number of halogens is 1. The molecule has 0 radical (unpaired) electrons. The smallest absolute Gasteiger partial charge is 0.338 e. The van der Waals surface area contributed by atoms with Crippen LogP contribution in [0.4, 0.5) is 5.69 Å². The zero-order valence-corrected chi connectivity index (χ0v) is 15.6. The van der Waals surface area contributed by atoms with E-state index in [-0.39, 0.29) is 11.7 Å². The van der Waals surface area contributed by atoms with Gasteiger partial charge in [-0.3, -0.25) is 4.79 Å². The highest BCUT2D eigenvalue weighted by Crippen LogP contribution is 2.24.